The molecule has 1 heterocycles. The van der Waals surface area contributed by atoms with E-state index in [1.165, 1.54) is 12.8 Å². The first-order valence-corrected chi connectivity index (χ1v) is 7.59. The van der Waals surface area contributed by atoms with Crippen LogP contribution in [0, 0.1) is 5.92 Å². The lowest BCUT2D eigenvalue weighted by atomic mass is 9.92. The summed E-state index contributed by atoms with van der Waals surface area (Å²) in [5.41, 5.74) is 0.00978. The lowest BCUT2D eigenvalue weighted by Crippen LogP contribution is -2.40. The van der Waals surface area contributed by atoms with Crippen LogP contribution in [0.2, 0.25) is 0 Å². The predicted molar refractivity (Wildman–Crippen MR) is 82.6 cm³/mol. The molecule has 7 nitrogen and oxygen atoms in total. The molecule has 23 heavy (non-hydrogen) atoms. The molecule has 0 radical (unpaired) electrons. The van der Waals surface area contributed by atoms with Gasteiger partial charge in [0.05, 0.1) is 6.61 Å². The summed E-state index contributed by atoms with van der Waals surface area (Å²) in [6.45, 7) is 2.25. The summed E-state index contributed by atoms with van der Waals surface area (Å²) in [6.07, 6.45) is 2.35. The molecule has 1 unspecified atom stereocenters. The standard InChI is InChI=1S/C16H19N3O4/c1-16(14(21)18-15(22)19-16)11-3-2-4-12(7-11)17-13(20)9-23-8-10-5-6-10/h2-4,7,10H,5-6,8-9H2,1H3,(H,17,20)(H2,18,19,21,22). The molecular formula is C16H19N3O4. The molecule has 1 atom stereocenters. The molecule has 7 heteroatoms. The van der Waals surface area contributed by atoms with Gasteiger partial charge >= 0.3 is 6.03 Å². The number of amides is 4. The van der Waals surface area contributed by atoms with Gasteiger partial charge in [-0.15, -0.1) is 0 Å². The highest BCUT2D eigenvalue weighted by atomic mass is 16.5. The summed E-state index contributed by atoms with van der Waals surface area (Å²) in [4.78, 5) is 35.2. The molecule has 2 fully saturated rings. The molecule has 0 bridgehead atoms. The Labute approximate surface area is 133 Å². The Balaban J connectivity index is 1.63. The van der Waals surface area contributed by atoms with Gasteiger partial charge in [0.15, 0.2) is 0 Å². The highest BCUT2D eigenvalue weighted by Gasteiger charge is 2.43. The Bertz CT molecular complexity index is 656. The van der Waals surface area contributed by atoms with Crippen molar-refractivity contribution >= 4 is 23.5 Å². The second-order valence-electron chi connectivity index (χ2n) is 6.12. The smallest absolute Gasteiger partial charge is 0.322 e. The zero-order valence-electron chi connectivity index (χ0n) is 12.8. The summed E-state index contributed by atoms with van der Waals surface area (Å²) in [7, 11) is 0. The van der Waals surface area contributed by atoms with Crippen LogP contribution in [0.3, 0.4) is 0 Å². The number of benzene rings is 1. The lowest BCUT2D eigenvalue weighted by Gasteiger charge is -2.21. The summed E-state index contributed by atoms with van der Waals surface area (Å²) in [5.74, 6) is -0.0535. The van der Waals surface area contributed by atoms with Gasteiger partial charge in [-0.2, -0.15) is 0 Å². The third-order valence-corrected chi connectivity index (χ3v) is 4.05. The Hall–Kier alpha value is -2.41. The molecular weight excluding hydrogens is 298 g/mol. The Kier molecular flexibility index (Phi) is 4.04. The number of imide groups is 1. The fourth-order valence-corrected chi connectivity index (χ4v) is 2.45. The van der Waals surface area contributed by atoms with E-state index in [9.17, 15) is 14.4 Å². The number of anilines is 1. The van der Waals surface area contributed by atoms with E-state index in [0.717, 1.165) is 0 Å². The van der Waals surface area contributed by atoms with Gasteiger partial charge < -0.3 is 15.4 Å². The number of carbonyl (C=O) groups is 3. The van der Waals surface area contributed by atoms with Crippen LogP contribution in [-0.4, -0.2) is 31.1 Å². The molecule has 4 amide bonds. The number of carbonyl (C=O) groups excluding carboxylic acids is 3. The van der Waals surface area contributed by atoms with E-state index in [1.807, 2.05) is 0 Å². The van der Waals surface area contributed by atoms with Gasteiger partial charge in [-0.05, 0) is 43.4 Å². The average Bonchev–Trinajstić information content (AvgIpc) is 3.26. The number of rotatable bonds is 6. The van der Waals surface area contributed by atoms with Gasteiger partial charge in [0.1, 0.15) is 12.1 Å². The predicted octanol–water partition coefficient (Wildman–Crippen LogP) is 1.11. The molecule has 1 aromatic rings. The molecule has 1 saturated carbocycles. The molecule has 0 spiro atoms. The highest BCUT2D eigenvalue weighted by Crippen LogP contribution is 2.29. The average molecular weight is 317 g/mol. The van der Waals surface area contributed by atoms with Crippen molar-refractivity contribution in [1.82, 2.24) is 10.6 Å². The van der Waals surface area contributed by atoms with Crippen LogP contribution in [0.4, 0.5) is 10.5 Å². The normalized spacial score (nSPS) is 23.3. The molecule has 3 N–H and O–H groups in total. The van der Waals surface area contributed by atoms with E-state index < -0.39 is 17.5 Å². The zero-order chi connectivity index (χ0) is 16.4. The minimum atomic E-state index is -1.14. The van der Waals surface area contributed by atoms with Crippen molar-refractivity contribution in [1.29, 1.82) is 0 Å². The second-order valence-corrected chi connectivity index (χ2v) is 6.12. The van der Waals surface area contributed by atoms with Crippen LogP contribution in [0.25, 0.3) is 0 Å². The molecule has 1 saturated heterocycles. The lowest BCUT2D eigenvalue weighted by molar-refractivity contribution is -0.123. The largest absolute Gasteiger partial charge is 0.371 e. The SMILES string of the molecule is CC1(c2cccc(NC(=O)COCC3CC3)c2)NC(=O)NC1=O. The van der Waals surface area contributed by atoms with Crippen LogP contribution in [0.15, 0.2) is 24.3 Å². The van der Waals surface area contributed by atoms with Crippen LogP contribution >= 0.6 is 0 Å². The van der Waals surface area contributed by atoms with E-state index in [4.69, 9.17) is 4.74 Å². The van der Waals surface area contributed by atoms with E-state index in [-0.39, 0.29) is 12.5 Å². The van der Waals surface area contributed by atoms with Gasteiger partial charge in [0.25, 0.3) is 5.91 Å². The number of hydrogen-bond acceptors (Lipinski definition) is 4. The number of ether oxygens (including phenoxy) is 1. The fourth-order valence-electron chi connectivity index (χ4n) is 2.45. The Morgan fingerprint density at radius 2 is 2.17 bits per heavy atom. The van der Waals surface area contributed by atoms with Crippen molar-refractivity contribution in [3.05, 3.63) is 29.8 Å². The summed E-state index contributed by atoms with van der Waals surface area (Å²) >= 11 is 0. The maximum Gasteiger partial charge on any atom is 0.322 e. The first-order valence-electron chi connectivity index (χ1n) is 7.59. The van der Waals surface area contributed by atoms with Crippen LogP contribution in [-0.2, 0) is 19.9 Å². The van der Waals surface area contributed by atoms with Gasteiger partial charge in [-0.1, -0.05) is 12.1 Å². The third-order valence-electron chi connectivity index (χ3n) is 4.05. The monoisotopic (exact) mass is 317 g/mol. The summed E-state index contributed by atoms with van der Waals surface area (Å²) < 4.78 is 5.34. The molecule has 1 aromatic carbocycles. The topological polar surface area (TPSA) is 96.5 Å². The summed E-state index contributed by atoms with van der Waals surface area (Å²) in [5, 5.41) is 7.54. The van der Waals surface area contributed by atoms with Gasteiger partial charge in [-0.3, -0.25) is 14.9 Å². The first-order chi connectivity index (χ1) is 11.0. The van der Waals surface area contributed by atoms with Crippen molar-refractivity contribution in [2.24, 2.45) is 5.92 Å². The third kappa shape index (κ3) is 3.50. The fraction of sp³-hybridized carbons (Fsp3) is 0.438. The molecule has 0 aromatic heterocycles. The zero-order valence-corrected chi connectivity index (χ0v) is 12.8. The maximum atomic E-state index is 11.9. The highest BCUT2D eigenvalue weighted by molar-refractivity contribution is 6.07. The van der Waals surface area contributed by atoms with E-state index in [2.05, 4.69) is 16.0 Å². The van der Waals surface area contributed by atoms with Crippen molar-refractivity contribution in [2.45, 2.75) is 25.3 Å². The second kappa shape index (κ2) is 6.00. The van der Waals surface area contributed by atoms with Crippen molar-refractivity contribution in [3.8, 4) is 0 Å². The van der Waals surface area contributed by atoms with Crippen molar-refractivity contribution < 1.29 is 19.1 Å². The molecule has 3 rings (SSSR count). The number of urea groups is 1. The maximum absolute atomic E-state index is 11.9. The minimum absolute atomic E-state index is 0.00914. The number of nitrogens with one attached hydrogen (secondary N) is 3. The Morgan fingerprint density at radius 1 is 1.39 bits per heavy atom. The van der Waals surface area contributed by atoms with Crippen LogP contribution in [0.5, 0.6) is 0 Å². The van der Waals surface area contributed by atoms with Gasteiger partial charge in [0, 0.05) is 5.69 Å². The quantitative estimate of drug-likeness (QED) is 0.685. The van der Waals surface area contributed by atoms with E-state index >= 15 is 0 Å². The minimum Gasteiger partial charge on any atom is -0.371 e. The molecule has 122 valence electrons. The molecule has 1 aliphatic carbocycles. The van der Waals surface area contributed by atoms with Crippen LogP contribution in [0.1, 0.15) is 25.3 Å². The van der Waals surface area contributed by atoms with Gasteiger partial charge in [-0.25, -0.2) is 4.79 Å². The van der Waals surface area contributed by atoms with Crippen molar-refractivity contribution in [3.63, 3.8) is 0 Å². The summed E-state index contributed by atoms with van der Waals surface area (Å²) in [6, 6.07) is 6.31. The Morgan fingerprint density at radius 3 is 2.83 bits per heavy atom. The van der Waals surface area contributed by atoms with Crippen LogP contribution < -0.4 is 16.0 Å². The first kappa shape index (κ1) is 15.5. The van der Waals surface area contributed by atoms with Crippen molar-refractivity contribution in [2.75, 3.05) is 18.5 Å². The molecule has 1 aliphatic heterocycles. The van der Waals surface area contributed by atoms with E-state index in [0.29, 0.717) is 23.8 Å². The number of hydrogen-bond donors (Lipinski definition) is 3. The van der Waals surface area contributed by atoms with E-state index in [1.54, 1.807) is 31.2 Å². The van der Waals surface area contributed by atoms with Gasteiger partial charge in [0.2, 0.25) is 5.91 Å². The molecule has 2 aliphatic rings.